The molecule has 2 N–H and O–H groups in total. The van der Waals surface area contributed by atoms with Gasteiger partial charge in [-0.1, -0.05) is 44.2 Å². The molecule has 2 aliphatic rings. The Kier molecular flexibility index (Phi) is 5.07. The molecule has 1 aromatic rings. The Morgan fingerprint density at radius 3 is 2.50 bits per heavy atom. The summed E-state index contributed by atoms with van der Waals surface area (Å²) in [6.07, 6.45) is -3.44. The number of rotatable bonds is 3. The summed E-state index contributed by atoms with van der Waals surface area (Å²) < 4.78 is 17.4. The van der Waals surface area contributed by atoms with Crippen molar-refractivity contribution in [3.8, 4) is 0 Å². The maximum atomic E-state index is 10.4. The zero-order chi connectivity index (χ0) is 15.7. The van der Waals surface area contributed by atoms with Crippen molar-refractivity contribution in [1.82, 2.24) is 0 Å². The van der Waals surface area contributed by atoms with Gasteiger partial charge in [-0.15, -0.1) is 11.8 Å². The van der Waals surface area contributed by atoms with E-state index in [1.54, 1.807) is 0 Å². The monoisotopic (exact) mass is 326 g/mol. The molecule has 2 aliphatic heterocycles. The molecule has 122 valence electrons. The lowest BCUT2D eigenvalue weighted by Crippen LogP contribution is -2.61. The van der Waals surface area contributed by atoms with E-state index >= 15 is 0 Å². The predicted molar refractivity (Wildman–Crippen MR) is 83.4 cm³/mol. The second-order valence-corrected chi connectivity index (χ2v) is 7.57. The van der Waals surface area contributed by atoms with E-state index in [2.05, 4.69) is 0 Å². The first-order valence-corrected chi connectivity index (χ1v) is 8.49. The summed E-state index contributed by atoms with van der Waals surface area (Å²) in [6.45, 7) is 4.39. The van der Waals surface area contributed by atoms with E-state index in [1.165, 1.54) is 11.8 Å². The highest BCUT2D eigenvalue weighted by Crippen LogP contribution is 2.37. The number of fused-ring (bicyclic) bond motifs is 1. The predicted octanol–water partition coefficient (Wildman–Crippen LogP) is 1.69. The van der Waals surface area contributed by atoms with Crippen LogP contribution in [-0.2, 0) is 14.2 Å². The zero-order valence-electron chi connectivity index (χ0n) is 12.7. The van der Waals surface area contributed by atoms with Crippen LogP contribution >= 0.6 is 11.8 Å². The quantitative estimate of drug-likeness (QED) is 0.881. The number of hydrogen-bond acceptors (Lipinski definition) is 6. The Balaban J connectivity index is 1.70. The topological polar surface area (TPSA) is 68.2 Å². The summed E-state index contributed by atoms with van der Waals surface area (Å²) in [5, 5.41) is 21.0. The molecule has 0 saturated carbocycles. The number of hydrogen-bond donors (Lipinski definition) is 2. The van der Waals surface area contributed by atoms with Gasteiger partial charge in [-0.2, -0.15) is 0 Å². The van der Waals surface area contributed by atoms with Gasteiger partial charge in [-0.3, -0.25) is 0 Å². The van der Waals surface area contributed by atoms with Crippen LogP contribution in [0.4, 0.5) is 0 Å². The van der Waals surface area contributed by atoms with Crippen molar-refractivity contribution in [3.63, 3.8) is 0 Å². The summed E-state index contributed by atoms with van der Waals surface area (Å²) in [5.74, 6) is 0. The van der Waals surface area contributed by atoms with E-state index in [1.807, 2.05) is 44.2 Å². The van der Waals surface area contributed by atoms with Crippen molar-refractivity contribution in [3.05, 3.63) is 35.9 Å². The van der Waals surface area contributed by atoms with Gasteiger partial charge in [0.2, 0.25) is 0 Å². The highest BCUT2D eigenvalue weighted by atomic mass is 32.2. The van der Waals surface area contributed by atoms with Gasteiger partial charge >= 0.3 is 0 Å². The molecule has 2 heterocycles. The van der Waals surface area contributed by atoms with Crippen LogP contribution in [0.15, 0.2) is 30.3 Å². The third-order valence-electron chi connectivity index (χ3n) is 3.81. The van der Waals surface area contributed by atoms with Crippen molar-refractivity contribution in [1.29, 1.82) is 0 Å². The lowest BCUT2D eigenvalue weighted by atomic mass is 9.99. The van der Waals surface area contributed by atoms with Gasteiger partial charge < -0.3 is 24.4 Å². The van der Waals surface area contributed by atoms with Crippen molar-refractivity contribution in [2.45, 2.75) is 55.2 Å². The van der Waals surface area contributed by atoms with Gasteiger partial charge in [0.1, 0.15) is 29.9 Å². The van der Waals surface area contributed by atoms with Crippen molar-refractivity contribution in [2.24, 2.45) is 0 Å². The van der Waals surface area contributed by atoms with E-state index in [0.717, 1.165) is 5.56 Å². The van der Waals surface area contributed by atoms with E-state index < -0.39 is 30.0 Å². The molecule has 0 spiro atoms. The summed E-state index contributed by atoms with van der Waals surface area (Å²) in [7, 11) is 0. The molecule has 22 heavy (non-hydrogen) atoms. The van der Waals surface area contributed by atoms with Gasteiger partial charge in [0, 0.05) is 10.8 Å². The lowest BCUT2D eigenvalue weighted by molar-refractivity contribution is -0.318. The van der Waals surface area contributed by atoms with Gasteiger partial charge in [0.05, 0.1) is 6.61 Å². The van der Waals surface area contributed by atoms with Crippen LogP contribution in [0.1, 0.15) is 25.7 Å². The van der Waals surface area contributed by atoms with Crippen molar-refractivity contribution in [2.75, 3.05) is 6.61 Å². The smallest absolute Gasteiger partial charge is 0.184 e. The second-order valence-electron chi connectivity index (χ2n) is 5.89. The fourth-order valence-electron chi connectivity index (χ4n) is 2.74. The largest absolute Gasteiger partial charge is 0.387 e. The summed E-state index contributed by atoms with van der Waals surface area (Å²) in [4.78, 5) is 0. The highest BCUT2D eigenvalue weighted by molar-refractivity contribution is 8.00. The summed E-state index contributed by atoms with van der Waals surface area (Å²) in [6, 6.07) is 9.56. The van der Waals surface area contributed by atoms with E-state index in [0.29, 0.717) is 11.9 Å². The second kappa shape index (κ2) is 6.86. The molecule has 0 bridgehead atoms. The number of ether oxygens (including phenoxy) is 3. The van der Waals surface area contributed by atoms with Crippen LogP contribution < -0.4 is 0 Å². The van der Waals surface area contributed by atoms with Crippen LogP contribution in [-0.4, -0.2) is 51.9 Å². The van der Waals surface area contributed by atoms with Crippen molar-refractivity contribution >= 4 is 11.8 Å². The standard InChI is InChI=1S/C16H22O5S/c1-9(2)22-16-13(18)12(17)14-11(20-16)8-19-15(21-14)10-6-4-3-5-7-10/h3-7,9,11-18H,8H2,1-2H3/t11-,12-,13-,14-,15-,16+/m1/s1. The number of thioether (sulfide) groups is 1. The van der Waals surface area contributed by atoms with Crippen LogP contribution in [0, 0.1) is 0 Å². The zero-order valence-corrected chi connectivity index (χ0v) is 13.5. The molecule has 0 aromatic heterocycles. The molecule has 1 aromatic carbocycles. The molecule has 6 atom stereocenters. The molecule has 0 amide bonds. The van der Waals surface area contributed by atoms with Gasteiger partial charge in [0.15, 0.2) is 6.29 Å². The first-order chi connectivity index (χ1) is 10.6. The SMILES string of the molecule is CC(C)S[C@@H]1O[C@@H]2CO[C@@H](c3ccccc3)O[C@H]2[C@H](O)[C@H]1O. The molecule has 0 radical (unpaired) electrons. The van der Waals surface area contributed by atoms with Gasteiger partial charge in [0.25, 0.3) is 0 Å². The molecule has 2 fully saturated rings. The minimum Gasteiger partial charge on any atom is -0.387 e. The molecular formula is C16H22O5S. The third-order valence-corrected chi connectivity index (χ3v) is 5.01. The number of aliphatic hydroxyl groups is 2. The lowest BCUT2D eigenvalue weighted by Gasteiger charge is -2.46. The molecule has 0 aliphatic carbocycles. The van der Waals surface area contributed by atoms with Crippen molar-refractivity contribution < 1.29 is 24.4 Å². The van der Waals surface area contributed by atoms with E-state index in [9.17, 15) is 10.2 Å². The molecule has 2 saturated heterocycles. The fraction of sp³-hybridized carbons (Fsp3) is 0.625. The average Bonchev–Trinajstić information content (AvgIpc) is 2.52. The average molecular weight is 326 g/mol. The number of benzene rings is 1. The van der Waals surface area contributed by atoms with E-state index in [-0.39, 0.29) is 6.10 Å². The molecular weight excluding hydrogens is 304 g/mol. The first-order valence-electron chi connectivity index (χ1n) is 7.55. The first kappa shape index (κ1) is 16.2. The Hall–Kier alpha value is -0.630. The highest BCUT2D eigenvalue weighted by Gasteiger charge is 2.49. The van der Waals surface area contributed by atoms with Gasteiger partial charge in [-0.25, -0.2) is 0 Å². The third kappa shape index (κ3) is 3.32. The summed E-state index contributed by atoms with van der Waals surface area (Å²) in [5.41, 5.74) is 0.429. The summed E-state index contributed by atoms with van der Waals surface area (Å²) >= 11 is 1.50. The minimum absolute atomic E-state index is 0.297. The molecule has 5 nitrogen and oxygen atoms in total. The Bertz CT molecular complexity index is 481. The molecule has 0 unspecified atom stereocenters. The van der Waals surface area contributed by atoms with Gasteiger partial charge in [-0.05, 0) is 0 Å². The van der Waals surface area contributed by atoms with Crippen LogP contribution in [0.3, 0.4) is 0 Å². The fourth-order valence-corrected chi connectivity index (χ4v) is 3.80. The van der Waals surface area contributed by atoms with Crippen LogP contribution in [0.2, 0.25) is 0 Å². The van der Waals surface area contributed by atoms with Crippen LogP contribution in [0.25, 0.3) is 0 Å². The minimum atomic E-state index is -0.981. The Labute approximate surface area is 134 Å². The normalized spacial score (nSPS) is 38.8. The maximum Gasteiger partial charge on any atom is 0.184 e. The molecule has 3 rings (SSSR count). The van der Waals surface area contributed by atoms with E-state index in [4.69, 9.17) is 14.2 Å². The Morgan fingerprint density at radius 2 is 1.82 bits per heavy atom. The van der Waals surface area contributed by atoms with Crippen LogP contribution in [0.5, 0.6) is 0 Å². The molecule has 6 heteroatoms. The maximum absolute atomic E-state index is 10.4. The number of aliphatic hydroxyl groups excluding tert-OH is 2. The Morgan fingerprint density at radius 1 is 1.09 bits per heavy atom.